The fraction of sp³-hybridized carbons (Fsp3) is 0.222. The highest BCUT2D eigenvalue weighted by molar-refractivity contribution is 7.89. The van der Waals surface area contributed by atoms with Crippen LogP contribution in [0, 0.1) is 6.92 Å². The predicted octanol–water partition coefficient (Wildman–Crippen LogP) is 2.99. The van der Waals surface area contributed by atoms with Gasteiger partial charge in [0.1, 0.15) is 4.90 Å². The van der Waals surface area contributed by atoms with E-state index in [0.29, 0.717) is 22.7 Å². The zero-order valence-electron chi connectivity index (χ0n) is 17.1. The zero-order valence-corrected chi connectivity index (χ0v) is 17.9. The topological polar surface area (TPSA) is 169 Å². The van der Waals surface area contributed by atoms with Crippen molar-refractivity contribution < 1.29 is 21.6 Å². The number of hydrogen-bond acceptors (Lipinski definition) is 7. The lowest BCUT2D eigenvalue weighted by Gasteiger charge is -2.18. The molecule has 0 atom stereocenters. The molecule has 4 rings (SSSR count). The zero-order chi connectivity index (χ0) is 23.8. The number of aromatic amines is 2. The number of aryl methyl sites for hydroxylation is 1. The van der Waals surface area contributed by atoms with Crippen molar-refractivity contribution in [1.82, 2.24) is 30.6 Å². The minimum atomic E-state index is -5.00. The number of rotatable bonds is 3. The molecule has 0 amide bonds. The van der Waals surface area contributed by atoms with Gasteiger partial charge in [0.05, 0.1) is 22.2 Å². The van der Waals surface area contributed by atoms with Crippen LogP contribution in [0.2, 0.25) is 0 Å². The average molecular weight is 468 g/mol. The Kier molecular flexibility index (Phi) is 5.93. The summed E-state index contributed by atoms with van der Waals surface area (Å²) < 4.78 is 65.4. The molecule has 2 heterocycles. The summed E-state index contributed by atoms with van der Waals surface area (Å²) >= 11 is 0. The highest BCUT2D eigenvalue weighted by atomic mass is 32.2. The minimum absolute atomic E-state index is 0.0714. The van der Waals surface area contributed by atoms with Gasteiger partial charge < -0.3 is 10.7 Å². The van der Waals surface area contributed by atoms with E-state index in [2.05, 4.69) is 30.6 Å². The quantitative estimate of drug-likeness (QED) is 0.358. The number of imidazole rings is 1. The number of halogens is 3. The van der Waals surface area contributed by atoms with Gasteiger partial charge in [-0.1, -0.05) is 32.0 Å². The number of anilines is 1. The number of nitrogens with one attached hydrogen (secondary N) is 2. The van der Waals surface area contributed by atoms with Gasteiger partial charge in [-0.25, -0.2) is 18.5 Å². The fourth-order valence-corrected chi connectivity index (χ4v) is 4.26. The third-order valence-corrected chi connectivity index (χ3v) is 5.46. The number of aromatic nitrogens is 6. The SMILES string of the molecule is CC.Cc1ccc(-c2ccc(C(F)(F)F)c(S(N)(=O)=O)c2-c2nn[nH]n2)c2[nH]c(N)nc12. The maximum atomic E-state index is 13.6. The number of primary sulfonamides is 1. The summed E-state index contributed by atoms with van der Waals surface area (Å²) in [7, 11) is -4.85. The Morgan fingerprint density at radius 3 is 2.28 bits per heavy atom. The molecule has 0 saturated carbocycles. The first-order chi connectivity index (χ1) is 15.0. The van der Waals surface area contributed by atoms with Gasteiger partial charge in [0, 0.05) is 5.56 Å². The van der Waals surface area contributed by atoms with E-state index in [1.54, 1.807) is 19.1 Å². The van der Waals surface area contributed by atoms with Gasteiger partial charge in [-0.2, -0.15) is 18.4 Å². The molecule has 0 radical (unpaired) electrons. The van der Waals surface area contributed by atoms with Crippen LogP contribution in [0.3, 0.4) is 0 Å². The second-order valence-corrected chi connectivity index (χ2v) is 7.92. The van der Waals surface area contributed by atoms with Crippen molar-refractivity contribution in [2.45, 2.75) is 31.8 Å². The van der Waals surface area contributed by atoms with E-state index in [1.165, 1.54) is 0 Å². The number of nitrogen functional groups attached to an aromatic ring is 1. The van der Waals surface area contributed by atoms with E-state index in [1.807, 2.05) is 13.8 Å². The fourth-order valence-electron chi connectivity index (χ4n) is 3.28. The van der Waals surface area contributed by atoms with Gasteiger partial charge in [0.25, 0.3) is 0 Å². The molecule has 170 valence electrons. The molecule has 4 aromatic rings. The van der Waals surface area contributed by atoms with Crippen LogP contribution in [-0.4, -0.2) is 39.0 Å². The molecule has 0 aliphatic rings. The van der Waals surface area contributed by atoms with Gasteiger partial charge in [-0.05, 0) is 29.3 Å². The Labute approximate surface area is 180 Å². The van der Waals surface area contributed by atoms with Crippen LogP contribution in [0.25, 0.3) is 33.5 Å². The van der Waals surface area contributed by atoms with Crippen molar-refractivity contribution in [2.24, 2.45) is 5.14 Å². The van der Waals surface area contributed by atoms with Gasteiger partial charge in [0.15, 0.2) is 5.95 Å². The Balaban J connectivity index is 0.00000141. The molecule has 6 N–H and O–H groups in total. The van der Waals surface area contributed by atoms with Gasteiger partial charge in [-0.15, -0.1) is 10.2 Å². The maximum Gasteiger partial charge on any atom is 0.417 e. The second-order valence-electron chi connectivity index (χ2n) is 6.42. The third kappa shape index (κ3) is 4.01. The van der Waals surface area contributed by atoms with Crippen molar-refractivity contribution in [3.63, 3.8) is 0 Å². The van der Waals surface area contributed by atoms with Crippen molar-refractivity contribution in [1.29, 1.82) is 0 Å². The van der Waals surface area contributed by atoms with Crippen LogP contribution in [0.15, 0.2) is 29.2 Å². The van der Waals surface area contributed by atoms with Crippen molar-refractivity contribution in [3.05, 3.63) is 35.4 Å². The number of nitrogens with zero attached hydrogens (tertiary/aromatic N) is 4. The van der Waals surface area contributed by atoms with Crippen molar-refractivity contribution in [2.75, 3.05) is 5.73 Å². The molecule has 2 aromatic carbocycles. The second kappa shape index (κ2) is 8.20. The summed E-state index contributed by atoms with van der Waals surface area (Å²) in [4.78, 5) is 5.85. The number of fused-ring (bicyclic) bond motifs is 1. The van der Waals surface area contributed by atoms with E-state index in [4.69, 9.17) is 10.9 Å². The highest BCUT2D eigenvalue weighted by Crippen LogP contribution is 2.44. The lowest BCUT2D eigenvalue weighted by Crippen LogP contribution is -2.21. The minimum Gasteiger partial charge on any atom is -0.369 e. The lowest BCUT2D eigenvalue weighted by atomic mass is 9.94. The molecular formula is C18H19F3N8O2S. The summed E-state index contributed by atoms with van der Waals surface area (Å²) in [6.07, 6.45) is -5.00. The number of hydrogen-bond donors (Lipinski definition) is 4. The van der Waals surface area contributed by atoms with Crippen molar-refractivity contribution in [3.8, 4) is 22.5 Å². The van der Waals surface area contributed by atoms with E-state index >= 15 is 0 Å². The Bertz CT molecular complexity index is 1380. The number of tetrazole rings is 1. The smallest absolute Gasteiger partial charge is 0.369 e. The molecule has 0 unspecified atom stereocenters. The van der Waals surface area contributed by atoms with Crippen molar-refractivity contribution >= 4 is 27.0 Å². The predicted molar refractivity (Wildman–Crippen MR) is 112 cm³/mol. The molecule has 0 saturated heterocycles. The van der Waals surface area contributed by atoms with Crippen LogP contribution < -0.4 is 10.9 Å². The van der Waals surface area contributed by atoms with Gasteiger partial charge in [-0.3, -0.25) is 0 Å². The first-order valence-corrected chi connectivity index (χ1v) is 10.8. The molecule has 32 heavy (non-hydrogen) atoms. The van der Waals surface area contributed by atoms with Crippen LogP contribution in [-0.2, 0) is 16.2 Å². The molecular weight excluding hydrogens is 449 g/mol. The summed E-state index contributed by atoms with van der Waals surface area (Å²) in [5.41, 5.74) is 5.89. The number of benzene rings is 2. The number of alkyl halides is 3. The standard InChI is InChI=1S/C16H13F3N8O2S.C2H6/c1-6-2-3-8(12-11(6)22-15(20)23-12)7-4-5-9(16(17,18)19)13(30(21,28)29)10(7)14-24-26-27-25-14;1-2/h2-5H,1H3,(H3,20,22,23)(H2,21,28,29)(H,24,25,26,27);1-2H3. The van der Waals surface area contributed by atoms with E-state index in [-0.39, 0.29) is 17.3 Å². The highest BCUT2D eigenvalue weighted by Gasteiger charge is 2.40. The van der Waals surface area contributed by atoms with E-state index < -0.39 is 32.2 Å². The Morgan fingerprint density at radius 2 is 1.72 bits per heavy atom. The molecule has 0 aliphatic carbocycles. The van der Waals surface area contributed by atoms with E-state index in [0.717, 1.165) is 11.6 Å². The summed E-state index contributed by atoms with van der Waals surface area (Å²) in [6.45, 7) is 5.77. The van der Waals surface area contributed by atoms with Gasteiger partial charge >= 0.3 is 6.18 Å². The summed E-state index contributed by atoms with van der Waals surface area (Å²) in [6, 6.07) is 5.02. The average Bonchev–Trinajstić information content (AvgIpc) is 3.37. The Morgan fingerprint density at radius 1 is 1.06 bits per heavy atom. The van der Waals surface area contributed by atoms with Gasteiger partial charge in [0.2, 0.25) is 15.8 Å². The molecule has 14 heteroatoms. The monoisotopic (exact) mass is 468 g/mol. The Hall–Kier alpha value is -3.52. The first-order valence-electron chi connectivity index (χ1n) is 9.24. The van der Waals surface area contributed by atoms with Crippen LogP contribution >= 0.6 is 0 Å². The first kappa shape index (κ1) is 23.1. The number of sulfonamides is 1. The lowest BCUT2D eigenvalue weighted by molar-refractivity contribution is -0.139. The molecule has 0 spiro atoms. The summed E-state index contributed by atoms with van der Waals surface area (Å²) in [5, 5.41) is 18.0. The molecule has 2 aromatic heterocycles. The molecule has 0 bridgehead atoms. The largest absolute Gasteiger partial charge is 0.417 e. The van der Waals surface area contributed by atoms with Crippen LogP contribution in [0.5, 0.6) is 0 Å². The molecule has 10 nitrogen and oxygen atoms in total. The van der Waals surface area contributed by atoms with E-state index in [9.17, 15) is 21.6 Å². The number of nitrogens with two attached hydrogens (primary N) is 2. The molecule has 0 aliphatic heterocycles. The number of H-pyrrole nitrogens is 2. The normalized spacial score (nSPS) is 12.0. The molecule has 0 fully saturated rings. The third-order valence-electron chi connectivity index (χ3n) is 4.47. The maximum absolute atomic E-state index is 13.6. The van der Waals surface area contributed by atoms with Crippen LogP contribution in [0.1, 0.15) is 25.0 Å². The van der Waals surface area contributed by atoms with Crippen LogP contribution in [0.4, 0.5) is 19.1 Å². The summed E-state index contributed by atoms with van der Waals surface area (Å²) in [5.74, 6) is -0.290.